The number of amides is 4. The summed E-state index contributed by atoms with van der Waals surface area (Å²) in [7, 11) is 0. The number of nitrogens with zero attached hydrogens (tertiary/aromatic N) is 1. The zero-order valence-corrected chi connectivity index (χ0v) is 25.5. The Hall–Kier alpha value is -3.37. The highest BCUT2D eigenvalue weighted by Crippen LogP contribution is 2.40. The molecule has 1 aliphatic heterocycles. The highest BCUT2D eigenvalue weighted by atomic mass is 32.2. The molecule has 9 nitrogen and oxygen atoms in total. The molecule has 0 aromatic heterocycles. The fourth-order valence-electron chi connectivity index (χ4n) is 4.98. The molecule has 1 heterocycles. The van der Waals surface area contributed by atoms with Gasteiger partial charge < -0.3 is 26.0 Å². The second-order valence-corrected chi connectivity index (χ2v) is 13.0. The Morgan fingerprint density at radius 1 is 1.02 bits per heavy atom. The van der Waals surface area contributed by atoms with E-state index in [1.165, 1.54) is 23.6 Å². The van der Waals surface area contributed by atoms with E-state index in [1.54, 1.807) is 13.8 Å². The van der Waals surface area contributed by atoms with Crippen LogP contribution in [0.4, 0.5) is 0 Å². The van der Waals surface area contributed by atoms with Gasteiger partial charge in [0.05, 0.1) is 11.9 Å². The molecule has 0 aliphatic carbocycles. The summed E-state index contributed by atoms with van der Waals surface area (Å²) in [6, 6.07) is 14.3. The van der Waals surface area contributed by atoms with Crippen LogP contribution in [-0.4, -0.2) is 68.5 Å². The summed E-state index contributed by atoms with van der Waals surface area (Å²) in [6.45, 7) is 11.0. The largest absolute Gasteiger partial charge is 0.381 e. The van der Waals surface area contributed by atoms with Gasteiger partial charge in [0, 0.05) is 18.2 Å². The Morgan fingerprint density at radius 3 is 2.27 bits per heavy atom. The molecule has 2 unspecified atom stereocenters. The number of rotatable bonds is 11. The molecular weight excluding hydrogens is 540 g/mol. The zero-order valence-electron chi connectivity index (χ0n) is 24.6. The van der Waals surface area contributed by atoms with Crippen LogP contribution >= 0.6 is 11.8 Å². The van der Waals surface area contributed by atoms with Crippen LogP contribution in [-0.2, 0) is 32.1 Å². The van der Waals surface area contributed by atoms with E-state index in [0.717, 1.165) is 16.7 Å². The van der Waals surface area contributed by atoms with Gasteiger partial charge in [-0.25, -0.2) is 0 Å². The highest BCUT2D eigenvalue weighted by Gasteiger charge is 2.49. The summed E-state index contributed by atoms with van der Waals surface area (Å²) in [4.78, 5) is 53.7. The van der Waals surface area contributed by atoms with Crippen molar-refractivity contribution in [3.8, 4) is 0 Å². The number of hydrogen-bond acceptors (Lipinski definition) is 6. The maximum Gasteiger partial charge on any atom is 0.254 e. The number of benzene rings is 2. The molecule has 3 rings (SSSR count). The van der Waals surface area contributed by atoms with Gasteiger partial charge in [-0.15, -0.1) is 11.8 Å². The van der Waals surface area contributed by atoms with Crippen molar-refractivity contribution in [3.63, 3.8) is 0 Å². The van der Waals surface area contributed by atoms with Crippen molar-refractivity contribution in [2.24, 2.45) is 5.92 Å². The lowest BCUT2D eigenvalue weighted by atomic mass is 9.96. The van der Waals surface area contributed by atoms with Gasteiger partial charge >= 0.3 is 0 Å². The fraction of sp³-hybridized carbons (Fsp3) is 0.484. The predicted molar refractivity (Wildman–Crippen MR) is 161 cm³/mol. The summed E-state index contributed by atoms with van der Waals surface area (Å²) < 4.78 is -0.600. The minimum absolute atomic E-state index is 0.179. The molecule has 1 fully saturated rings. The maximum atomic E-state index is 13.8. The molecule has 1 saturated heterocycles. The van der Waals surface area contributed by atoms with Gasteiger partial charge in [-0.1, -0.05) is 68.4 Å². The van der Waals surface area contributed by atoms with Crippen LogP contribution in [0.25, 0.3) is 0 Å². The SMILES string of the molecule is CC(=O)NC(C(=O)N[C@@H](Cc1ccccc1)[C@H](O)C(=O)N1CSC(C)(C)C1C(=O)NCc1ccccc1C)C(C)C. The number of nitrogens with one attached hydrogen (secondary N) is 3. The molecule has 10 heteroatoms. The van der Waals surface area contributed by atoms with E-state index in [9.17, 15) is 24.3 Å². The predicted octanol–water partition coefficient (Wildman–Crippen LogP) is 2.54. The molecule has 0 spiro atoms. The van der Waals surface area contributed by atoms with Crippen molar-refractivity contribution in [2.45, 2.75) is 83.5 Å². The van der Waals surface area contributed by atoms with E-state index < -0.39 is 40.8 Å². The van der Waals surface area contributed by atoms with Crippen molar-refractivity contribution in [1.82, 2.24) is 20.9 Å². The summed E-state index contributed by atoms with van der Waals surface area (Å²) in [6.07, 6.45) is -1.44. The van der Waals surface area contributed by atoms with Gasteiger partial charge in [0.25, 0.3) is 5.91 Å². The normalized spacial score (nSPS) is 18.3. The van der Waals surface area contributed by atoms with Crippen LogP contribution in [0, 0.1) is 12.8 Å². The molecule has 0 radical (unpaired) electrons. The van der Waals surface area contributed by atoms with Gasteiger partial charge in [0.15, 0.2) is 6.10 Å². The summed E-state index contributed by atoms with van der Waals surface area (Å²) in [5.74, 6) is -1.80. The second kappa shape index (κ2) is 14.0. The van der Waals surface area contributed by atoms with E-state index in [2.05, 4.69) is 16.0 Å². The number of carbonyl (C=O) groups excluding carboxylic acids is 4. The average Bonchev–Trinajstić information content (AvgIpc) is 3.24. The van der Waals surface area contributed by atoms with Crippen molar-refractivity contribution >= 4 is 35.4 Å². The maximum absolute atomic E-state index is 13.8. The quantitative estimate of drug-likeness (QED) is 0.323. The number of aliphatic hydroxyl groups excluding tert-OH is 1. The van der Waals surface area contributed by atoms with Crippen LogP contribution in [0.5, 0.6) is 0 Å². The minimum Gasteiger partial charge on any atom is -0.381 e. The van der Waals surface area contributed by atoms with Crippen LogP contribution in [0.2, 0.25) is 0 Å². The van der Waals surface area contributed by atoms with Gasteiger partial charge in [-0.2, -0.15) is 0 Å². The standard InChI is InChI=1S/C31H42N4O5S/c1-19(2)25(33-21(4)36)28(38)34-24(16-22-13-8-7-9-14-22)26(37)30(40)35-18-41-31(5,6)27(35)29(39)32-17-23-15-11-10-12-20(23)3/h7-15,19,24-27,37H,16-18H2,1-6H3,(H,32,39)(H,33,36)(H,34,38)/t24-,25?,26-,27?/m0/s1. The van der Waals surface area contributed by atoms with Gasteiger partial charge in [-0.05, 0) is 49.8 Å². The Bertz CT molecular complexity index is 1240. The van der Waals surface area contributed by atoms with E-state index in [0.29, 0.717) is 6.54 Å². The van der Waals surface area contributed by atoms with Crippen molar-refractivity contribution in [3.05, 3.63) is 71.3 Å². The third-order valence-corrected chi connectivity index (χ3v) is 8.73. The summed E-state index contributed by atoms with van der Waals surface area (Å²) in [5, 5.41) is 19.9. The first-order chi connectivity index (χ1) is 19.3. The molecular formula is C31H42N4O5S. The first-order valence-electron chi connectivity index (χ1n) is 13.9. The smallest absolute Gasteiger partial charge is 0.254 e. The van der Waals surface area contributed by atoms with Crippen molar-refractivity contribution < 1.29 is 24.3 Å². The third-order valence-electron chi connectivity index (χ3n) is 7.36. The lowest BCUT2D eigenvalue weighted by Crippen LogP contribution is -2.60. The van der Waals surface area contributed by atoms with E-state index in [4.69, 9.17) is 0 Å². The van der Waals surface area contributed by atoms with E-state index in [1.807, 2.05) is 75.4 Å². The highest BCUT2D eigenvalue weighted by molar-refractivity contribution is 8.00. The number of aliphatic hydroxyl groups is 1. The van der Waals surface area contributed by atoms with Crippen molar-refractivity contribution in [1.29, 1.82) is 0 Å². The molecule has 4 N–H and O–H groups in total. The van der Waals surface area contributed by atoms with Gasteiger partial charge in [-0.3, -0.25) is 19.2 Å². The van der Waals surface area contributed by atoms with Crippen LogP contribution in [0.1, 0.15) is 51.3 Å². The Labute approximate surface area is 246 Å². The average molecular weight is 583 g/mol. The van der Waals surface area contributed by atoms with Crippen LogP contribution in [0.3, 0.4) is 0 Å². The number of thioether (sulfide) groups is 1. The number of aryl methyl sites for hydroxylation is 1. The first-order valence-corrected chi connectivity index (χ1v) is 14.9. The van der Waals surface area contributed by atoms with Crippen LogP contribution < -0.4 is 16.0 Å². The topological polar surface area (TPSA) is 128 Å². The molecule has 4 amide bonds. The number of hydrogen-bond donors (Lipinski definition) is 4. The monoisotopic (exact) mass is 582 g/mol. The lowest BCUT2D eigenvalue weighted by molar-refractivity contribution is -0.148. The lowest BCUT2D eigenvalue weighted by Gasteiger charge is -2.34. The first kappa shape index (κ1) is 32.1. The van der Waals surface area contributed by atoms with Gasteiger partial charge in [0.2, 0.25) is 17.7 Å². The molecule has 1 aliphatic rings. The van der Waals surface area contributed by atoms with Crippen LogP contribution in [0.15, 0.2) is 54.6 Å². The van der Waals surface area contributed by atoms with Gasteiger partial charge in [0.1, 0.15) is 12.1 Å². The Kier molecular flexibility index (Phi) is 11.0. The Morgan fingerprint density at radius 2 is 1.66 bits per heavy atom. The molecule has 2 aromatic rings. The molecule has 4 atom stereocenters. The fourth-order valence-corrected chi connectivity index (χ4v) is 6.12. The molecule has 41 heavy (non-hydrogen) atoms. The molecule has 2 aromatic carbocycles. The zero-order chi connectivity index (χ0) is 30.3. The van der Waals surface area contributed by atoms with Crippen molar-refractivity contribution in [2.75, 3.05) is 5.88 Å². The minimum atomic E-state index is -1.62. The third kappa shape index (κ3) is 8.33. The summed E-state index contributed by atoms with van der Waals surface area (Å²) in [5.41, 5.74) is 2.84. The number of carbonyl (C=O) groups is 4. The van der Waals surface area contributed by atoms with E-state index in [-0.39, 0.29) is 30.0 Å². The Balaban J connectivity index is 1.83. The molecule has 222 valence electrons. The molecule has 0 bridgehead atoms. The van der Waals surface area contributed by atoms with E-state index >= 15 is 0 Å². The molecule has 0 saturated carbocycles. The summed E-state index contributed by atoms with van der Waals surface area (Å²) >= 11 is 1.46. The second-order valence-electron chi connectivity index (χ2n) is 11.4.